The molecule has 4 rings (SSSR count). The molecule has 0 atom stereocenters. The van der Waals surface area contributed by atoms with Crippen molar-refractivity contribution in [2.45, 2.75) is 44.6 Å². The van der Waals surface area contributed by atoms with Crippen LogP contribution in [-0.4, -0.2) is 67.7 Å². The maximum Gasteiger partial charge on any atom is 0.253 e. The normalized spacial score (nSPS) is 19.4. The summed E-state index contributed by atoms with van der Waals surface area (Å²) in [4.78, 5) is 17.7. The maximum atomic E-state index is 13.1. The maximum absolute atomic E-state index is 13.1. The number of rotatable bonds is 5. The molecule has 7 heteroatoms. The summed E-state index contributed by atoms with van der Waals surface area (Å²) in [5.41, 5.74) is 3.18. The van der Waals surface area contributed by atoms with Crippen molar-refractivity contribution in [2.75, 3.05) is 39.3 Å². The minimum Gasteiger partial charge on any atom is -0.337 e. The first-order valence-electron chi connectivity index (χ1n) is 12.0. The van der Waals surface area contributed by atoms with E-state index < -0.39 is 10.0 Å². The molecule has 2 aliphatic heterocycles. The van der Waals surface area contributed by atoms with E-state index >= 15 is 0 Å². The predicted octanol–water partition coefficient (Wildman–Crippen LogP) is 3.76. The van der Waals surface area contributed by atoms with Crippen LogP contribution in [0.5, 0.6) is 0 Å². The summed E-state index contributed by atoms with van der Waals surface area (Å²) in [7, 11) is -3.50. The Labute approximate surface area is 198 Å². The second-order valence-corrected chi connectivity index (χ2v) is 11.4. The molecular weight excluding hydrogens is 434 g/mol. The zero-order chi connectivity index (χ0) is 23.4. The SMILES string of the molecule is Cc1ccccc1CN1CCCN(C(=O)c2ccc(S(=O)(=O)N3CCC(C)CC3)cc2)CC1. The first kappa shape index (κ1) is 23.9. The largest absolute Gasteiger partial charge is 0.337 e. The van der Waals surface area contributed by atoms with Gasteiger partial charge in [0.15, 0.2) is 0 Å². The summed E-state index contributed by atoms with van der Waals surface area (Å²) >= 11 is 0. The first-order chi connectivity index (χ1) is 15.8. The summed E-state index contributed by atoms with van der Waals surface area (Å²) in [6.45, 7) is 9.52. The molecule has 2 heterocycles. The number of aryl methyl sites for hydroxylation is 1. The molecule has 0 unspecified atom stereocenters. The van der Waals surface area contributed by atoms with Gasteiger partial charge in [0.25, 0.3) is 5.91 Å². The number of nitrogens with zero attached hydrogens (tertiary/aromatic N) is 3. The number of hydrogen-bond donors (Lipinski definition) is 0. The highest BCUT2D eigenvalue weighted by Crippen LogP contribution is 2.24. The highest BCUT2D eigenvalue weighted by molar-refractivity contribution is 7.89. The van der Waals surface area contributed by atoms with Crippen LogP contribution < -0.4 is 0 Å². The Hall–Kier alpha value is -2.22. The molecule has 0 aliphatic carbocycles. The van der Waals surface area contributed by atoms with E-state index in [2.05, 4.69) is 43.0 Å². The summed E-state index contributed by atoms with van der Waals surface area (Å²) in [6, 6.07) is 14.9. The highest BCUT2D eigenvalue weighted by atomic mass is 32.2. The van der Waals surface area contributed by atoms with Gasteiger partial charge >= 0.3 is 0 Å². The quantitative estimate of drug-likeness (QED) is 0.669. The molecule has 1 amide bonds. The number of benzene rings is 2. The number of hydrogen-bond acceptors (Lipinski definition) is 4. The number of sulfonamides is 1. The topological polar surface area (TPSA) is 60.9 Å². The third kappa shape index (κ3) is 5.65. The highest BCUT2D eigenvalue weighted by Gasteiger charge is 2.28. The molecule has 2 aliphatic rings. The third-order valence-corrected chi connectivity index (χ3v) is 8.93. The summed E-state index contributed by atoms with van der Waals surface area (Å²) in [6.07, 6.45) is 2.72. The second-order valence-electron chi connectivity index (χ2n) is 9.46. The van der Waals surface area contributed by atoms with Crippen LogP contribution in [-0.2, 0) is 16.6 Å². The van der Waals surface area contributed by atoms with Crippen LogP contribution in [0.25, 0.3) is 0 Å². The Morgan fingerprint density at radius 3 is 2.30 bits per heavy atom. The zero-order valence-corrected chi connectivity index (χ0v) is 20.6. The average Bonchev–Trinajstić information content (AvgIpc) is 3.06. The zero-order valence-electron chi connectivity index (χ0n) is 19.7. The van der Waals surface area contributed by atoms with Crippen LogP contribution in [0.3, 0.4) is 0 Å². The molecule has 0 radical (unpaired) electrons. The third-order valence-electron chi connectivity index (χ3n) is 7.01. The molecule has 33 heavy (non-hydrogen) atoms. The fourth-order valence-electron chi connectivity index (χ4n) is 4.69. The molecule has 178 valence electrons. The van der Waals surface area contributed by atoms with Gasteiger partial charge in [-0.3, -0.25) is 9.69 Å². The van der Waals surface area contributed by atoms with Gasteiger partial charge in [-0.05, 0) is 67.5 Å². The van der Waals surface area contributed by atoms with E-state index in [-0.39, 0.29) is 10.8 Å². The van der Waals surface area contributed by atoms with E-state index in [1.54, 1.807) is 28.6 Å². The number of carbonyl (C=O) groups is 1. The molecule has 0 spiro atoms. The predicted molar refractivity (Wildman–Crippen MR) is 131 cm³/mol. The van der Waals surface area contributed by atoms with Crippen LogP contribution in [0.1, 0.15) is 47.7 Å². The van der Waals surface area contributed by atoms with Crippen molar-refractivity contribution < 1.29 is 13.2 Å². The summed E-state index contributed by atoms with van der Waals surface area (Å²) in [5.74, 6) is 0.543. The van der Waals surface area contributed by atoms with Crippen molar-refractivity contribution in [3.8, 4) is 0 Å². The summed E-state index contributed by atoms with van der Waals surface area (Å²) in [5, 5.41) is 0. The lowest BCUT2D eigenvalue weighted by molar-refractivity contribution is 0.0761. The Balaban J connectivity index is 1.37. The minimum atomic E-state index is -3.50. The second kappa shape index (κ2) is 10.4. The molecule has 2 aromatic rings. The van der Waals surface area contributed by atoms with Crippen molar-refractivity contribution in [2.24, 2.45) is 5.92 Å². The van der Waals surface area contributed by atoms with E-state index in [0.29, 0.717) is 31.1 Å². The van der Waals surface area contributed by atoms with Crippen LogP contribution in [0, 0.1) is 12.8 Å². The Bertz CT molecular complexity index is 1060. The van der Waals surface area contributed by atoms with E-state index in [4.69, 9.17) is 0 Å². The number of piperidine rings is 1. The molecule has 2 aromatic carbocycles. The molecule has 6 nitrogen and oxygen atoms in total. The van der Waals surface area contributed by atoms with Crippen molar-refractivity contribution in [3.05, 3.63) is 65.2 Å². The van der Waals surface area contributed by atoms with Gasteiger partial charge in [-0.1, -0.05) is 31.2 Å². The molecule has 0 N–H and O–H groups in total. The average molecular weight is 470 g/mol. The van der Waals surface area contributed by atoms with Crippen LogP contribution >= 0.6 is 0 Å². The minimum absolute atomic E-state index is 0.0245. The van der Waals surface area contributed by atoms with E-state index in [0.717, 1.165) is 45.4 Å². The Morgan fingerprint density at radius 1 is 0.909 bits per heavy atom. The van der Waals surface area contributed by atoms with Gasteiger partial charge in [0.05, 0.1) is 4.90 Å². The van der Waals surface area contributed by atoms with Crippen molar-refractivity contribution in [1.82, 2.24) is 14.1 Å². The molecule has 2 saturated heterocycles. The van der Waals surface area contributed by atoms with Crippen LogP contribution in [0.4, 0.5) is 0 Å². The molecule has 2 fully saturated rings. The van der Waals surface area contributed by atoms with Crippen molar-refractivity contribution >= 4 is 15.9 Å². The van der Waals surface area contributed by atoms with Crippen LogP contribution in [0.15, 0.2) is 53.4 Å². The van der Waals surface area contributed by atoms with Gasteiger partial charge in [0.1, 0.15) is 0 Å². The fourth-order valence-corrected chi connectivity index (χ4v) is 6.16. The molecule has 0 aromatic heterocycles. The van der Waals surface area contributed by atoms with Gasteiger partial charge in [0.2, 0.25) is 10.0 Å². The smallest absolute Gasteiger partial charge is 0.253 e. The fraction of sp³-hybridized carbons (Fsp3) is 0.500. The molecule has 0 saturated carbocycles. The Kier molecular flexibility index (Phi) is 7.51. The van der Waals surface area contributed by atoms with Gasteiger partial charge in [-0.15, -0.1) is 0 Å². The van der Waals surface area contributed by atoms with Gasteiger partial charge < -0.3 is 4.90 Å². The van der Waals surface area contributed by atoms with Gasteiger partial charge in [-0.2, -0.15) is 4.31 Å². The van der Waals surface area contributed by atoms with E-state index in [9.17, 15) is 13.2 Å². The lowest BCUT2D eigenvalue weighted by Crippen LogP contribution is -2.38. The number of amides is 1. The summed E-state index contributed by atoms with van der Waals surface area (Å²) < 4.78 is 27.5. The lowest BCUT2D eigenvalue weighted by Gasteiger charge is -2.29. The van der Waals surface area contributed by atoms with Gasteiger partial charge in [0, 0.05) is 51.4 Å². The van der Waals surface area contributed by atoms with E-state index in [1.165, 1.54) is 11.1 Å². The van der Waals surface area contributed by atoms with Gasteiger partial charge in [-0.25, -0.2) is 8.42 Å². The monoisotopic (exact) mass is 469 g/mol. The van der Waals surface area contributed by atoms with Crippen molar-refractivity contribution in [3.63, 3.8) is 0 Å². The lowest BCUT2D eigenvalue weighted by atomic mass is 10.0. The van der Waals surface area contributed by atoms with E-state index in [1.807, 2.05) is 4.90 Å². The molecule has 0 bridgehead atoms. The Morgan fingerprint density at radius 2 is 1.61 bits per heavy atom. The standard InChI is InChI=1S/C26H35N3O3S/c1-21-12-16-29(17-13-21)33(31,32)25-10-8-23(9-11-25)26(30)28-15-5-14-27(18-19-28)20-24-7-4-3-6-22(24)2/h3-4,6-11,21H,5,12-20H2,1-2H3. The molecular formula is C26H35N3O3S. The number of carbonyl (C=O) groups excluding carboxylic acids is 1. The van der Waals surface area contributed by atoms with Crippen LogP contribution in [0.2, 0.25) is 0 Å². The first-order valence-corrected chi connectivity index (χ1v) is 13.4. The van der Waals surface area contributed by atoms with Crippen molar-refractivity contribution in [1.29, 1.82) is 0 Å².